The van der Waals surface area contributed by atoms with Crippen molar-refractivity contribution in [2.45, 2.75) is 225 Å². The third kappa shape index (κ3) is 48.2. The lowest BCUT2D eigenvalue weighted by Gasteiger charge is -2.18. The molecule has 0 bridgehead atoms. The van der Waals surface area contributed by atoms with Gasteiger partial charge >= 0.3 is 19.8 Å². The second-order valence-electron chi connectivity index (χ2n) is 16.1. The summed E-state index contributed by atoms with van der Waals surface area (Å²) in [6.07, 6.45) is 60.5. The lowest BCUT2D eigenvalue weighted by Crippen LogP contribution is -2.29. The van der Waals surface area contributed by atoms with Gasteiger partial charge in [0.2, 0.25) is 0 Å². The number of unbranched alkanes of at least 4 members (excludes halogenated alkanes) is 22. The highest BCUT2D eigenvalue weighted by molar-refractivity contribution is 7.46. The van der Waals surface area contributed by atoms with Gasteiger partial charge in [-0.05, 0) is 83.5 Å². The van der Waals surface area contributed by atoms with Crippen LogP contribution in [0.3, 0.4) is 0 Å². The fourth-order valence-electron chi connectivity index (χ4n) is 6.63. The number of carbonyl (C=O) groups excluding carboxylic acids is 2. The van der Waals surface area contributed by atoms with Gasteiger partial charge in [-0.15, -0.1) is 0 Å². The standard InChI is InChI=1S/C51H89O8P/c1-3-5-7-9-11-13-15-17-19-21-23-24-25-26-28-29-31-33-35-37-39-41-43-45-50(52)57-47-49(48-58-60(54,55)56)59-51(53)46-44-42-40-38-36-34-32-30-27-22-20-18-16-14-12-10-8-6-4-2/h6,8,12,14-15,17-18,20-21,23,27,30,49H,3-5,7,9-11,13,16,19,22,24-26,28-29,31-48H2,1-2H3,(H2,54,55,56)/b8-6-,14-12-,17-15-,20-18-,23-21-,30-27-. The van der Waals surface area contributed by atoms with Crippen molar-refractivity contribution in [1.29, 1.82) is 0 Å². The van der Waals surface area contributed by atoms with Crippen LogP contribution in [0.25, 0.3) is 0 Å². The summed E-state index contributed by atoms with van der Waals surface area (Å²) in [5.74, 6) is -0.903. The van der Waals surface area contributed by atoms with Crippen molar-refractivity contribution in [3.05, 3.63) is 72.9 Å². The van der Waals surface area contributed by atoms with Crippen molar-refractivity contribution >= 4 is 19.8 Å². The maximum Gasteiger partial charge on any atom is 0.469 e. The Hall–Kier alpha value is -2.51. The van der Waals surface area contributed by atoms with E-state index >= 15 is 0 Å². The average Bonchev–Trinajstić information content (AvgIpc) is 3.22. The average molecular weight is 861 g/mol. The lowest BCUT2D eigenvalue weighted by molar-refractivity contribution is -0.161. The van der Waals surface area contributed by atoms with Gasteiger partial charge in [-0.25, -0.2) is 4.57 Å². The summed E-state index contributed by atoms with van der Waals surface area (Å²) in [5.41, 5.74) is 0. The first-order chi connectivity index (χ1) is 29.3. The molecule has 0 aliphatic carbocycles. The number of hydrogen-bond acceptors (Lipinski definition) is 6. The van der Waals surface area contributed by atoms with Gasteiger partial charge in [0, 0.05) is 12.8 Å². The molecular weight excluding hydrogens is 772 g/mol. The summed E-state index contributed by atoms with van der Waals surface area (Å²) in [6, 6.07) is 0. The molecule has 0 saturated heterocycles. The highest BCUT2D eigenvalue weighted by Crippen LogP contribution is 2.36. The molecule has 1 unspecified atom stereocenters. The molecule has 0 aliphatic heterocycles. The van der Waals surface area contributed by atoms with E-state index in [4.69, 9.17) is 19.3 Å². The van der Waals surface area contributed by atoms with E-state index in [0.717, 1.165) is 96.3 Å². The van der Waals surface area contributed by atoms with Gasteiger partial charge in [0.15, 0.2) is 6.10 Å². The van der Waals surface area contributed by atoms with Gasteiger partial charge in [0.05, 0.1) is 6.61 Å². The number of phosphoric ester groups is 1. The van der Waals surface area contributed by atoms with E-state index < -0.39 is 32.5 Å². The molecule has 0 aromatic heterocycles. The Morgan fingerprint density at radius 3 is 1.20 bits per heavy atom. The first-order valence-electron chi connectivity index (χ1n) is 24.2. The van der Waals surface area contributed by atoms with E-state index in [1.54, 1.807) is 0 Å². The van der Waals surface area contributed by atoms with Crippen LogP contribution in [0.4, 0.5) is 0 Å². The topological polar surface area (TPSA) is 119 Å². The molecule has 1 atom stereocenters. The van der Waals surface area contributed by atoms with Crippen LogP contribution in [0.1, 0.15) is 219 Å². The number of esters is 2. The molecule has 0 radical (unpaired) electrons. The summed E-state index contributed by atoms with van der Waals surface area (Å²) in [6.45, 7) is 3.57. The van der Waals surface area contributed by atoms with E-state index in [1.807, 2.05) is 0 Å². The molecule has 60 heavy (non-hydrogen) atoms. The third-order valence-electron chi connectivity index (χ3n) is 10.2. The summed E-state index contributed by atoms with van der Waals surface area (Å²) in [5, 5.41) is 0. The van der Waals surface area contributed by atoms with E-state index in [9.17, 15) is 14.2 Å². The molecule has 0 spiro atoms. The van der Waals surface area contributed by atoms with Crippen LogP contribution in [0.5, 0.6) is 0 Å². The van der Waals surface area contributed by atoms with Gasteiger partial charge in [-0.2, -0.15) is 0 Å². The number of phosphoric acid groups is 1. The second kappa shape index (κ2) is 46.0. The van der Waals surface area contributed by atoms with Crippen molar-refractivity contribution < 1.29 is 37.9 Å². The number of carbonyl (C=O) groups is 2. The molecule has 0 heterocycles. The molecule has 346 valence electrons. The minimum Gasteiger partial charge on any atom is -0.462 e. The third-order valence-corrected chi connectivity index (χ3v) is 10.7. The Morgan fingerprint density at radius 1 is 0.450 bits per heavy atom. The zero-order chi connectivity index (χ0) is 43.9. The predicted octanol–water partition coefficient (Wildman–Crippen LogP) is 15.4. The molecule has 0 saturated carbocycles. The van der Waals surface area contributed by atoms with Crippen molar-refractivity contribution in [2.75, 3.05) is 13.2 Å². The Labute approximate surface area is 368 Å². The second-order valence-corrected chi connectivity index (χ2v) is 17.3. The normalized spacial score (nSPS) is 13.1. The van der Waals surface area contributed by atoms with Crippen LogP contribution in [-0.4, -0.2) is 41.0 Å². The highest BCUT2D eigenvalue weighted by atomic mass is 31.2. The molecule has 0 rings (SSSR count). The molecule has 8 nitrogen and oxygen atoms in total. The molecule has 0 amide bonds. The van der Waals surface area contributed by atoms with Crippen LogP contribution in [0, 0.1) is 0 Å². The van der Waals surface area contributed by atoms with E-state index in [-0.39, 0.29) is 19.4 Å². The minimum absolute atomic E-state index is 0.192. The van der Waals surface area contributed by atoms with E-state index in [2.05, 4.69) is 91.3 Å². The molecule has 0 aliphatic rings. The van der Waals surface area contributed by atoms with Gasteiger partial charge in [0.1, 0.15) is 6.61 Å². The van der Waals surface area contributed by atoms with Gasteiger partial charge in [-0.3, -0.25) is 14.1 Å². The van der Waals surface area contributed by atoms with Crippen molar-refractivity contribution in [2.24, 2.45) is 0 Å². The highest BCUT2D eigenvalue weighted by Gasteiger charge is 2.23. The summed E-state index contributed by atoms with van der Waals surface area (Å²) >= 11 is 0. The van der Waals surface area contributed by atoms with E-state index in [1.165, 1.54) is 89.9 Å². The van der Waals surface area contributed by atoms with Gasteiger partial charge in [-0.1, -0.05) is 196 Å². The molecule has 2 N–H and O–H groups in total. The molecular formula is C51H89O8P. The van der Waals surface area contributed by atoms with Crippen LogP contribution >= 0.6 is 7.82 Å². The summed E-state index contributed by atoms with van der Waals surface area (Å²) < 4.78 is 26.5. The van der Waals surface area contributed by atoms with Crippen molar-refractivity contribution in [3.63, 3.8) is 0 Å². The van der Waals surface area contributed by atoms with Crippen molar-refractivity contribution in [3.8, 4) is 0 Å². The Kier molecular flexibility index (Phi) is 44.1. The molecule has 9 heteroatoms. The monoisotopic (exact) mass is 861 g/mol. The Bertz CT molecular complexity index is 1200. The Morgan fingerprint density at radius 2 is 0.800 bits per heavy atom. The quantitative estimate of drug-likeness (QED) is 0.0269. The first kappa shape index (κ1) is 57.5. The summed E-state index contributed by atoms with van der Waals surface area (Å²) in [4.78, 5) is 43.0. The van der Waals surface area contributed by atoms with Crippen LogP contribution in [-0.2, 0) is 28.2 Å². The number of rotatable bonds is 44. The zero-order valence-corrected chi connectivity index (χ0v) is 39.2. The SMILES string of the molecule is CC/C=C\C/C=C\C/C=C\C/C=C\CCCCCCCCC(=O)OC(COC(=O)CCCCCCCCCCCCC/C=C\C/C=C\CCCCCCC)COP(=O)(O)O. The number of hydrogen-bond donors (Lipinski definition) is 2. The fourth-order valence-corrected chi connectivity index (χ4v) is 6.99. The van der Waals surface area contributed by atoms with E-state index in [0.29, 0.717) is 6.42 Å². The molecule has 0 fully saturated rings. The smallest absolute Gasteiger partial charge is 0.462 e. The lowest BCUT2D eigenvalue weighted by atomic mass is 10.0. The largest absolute Gasteiger partial charge is 0.469 e. The number of ether oxygens (including phenoxy) is 2. The van der Waals surface area contributed by atoms with Gasteiger partial charge < -0.3 is 19.3 Å². The molecule has 0 aromatic carbocycles. The number of allylic oxidation sites excluding steroid dienone is 12. The van der Waals surface area contributed by atoms with Crippen LogP contribution in [0.2, 0.25) is 0 Å². The minimum atomic E-state index is -4.77. The Balaban J connectivity index is 3.87. The maximum atomic E-state index is 12.5. The first-order valence-corrected chi connectivity index (χ1v) is 25.8. The predicted molar refractivity (Wildman–Crippen MR) is 253 cm³/mol. The van der Waals surface area contributed by atoms with Crippen LogP contribution in [0.15, 0.2) is 72.9 Å². The maximum absolute atomic E-state index is 12.5. The fraction of sp³-hybridized carbons (Fsp3) is 0.725. The van der Waals surface area contributed by atoms with Crippen molar-refractivity contribution in [1.82, 2.24) is 0 Å². The summed E-state index contributed by atoms with van der Waals surface area (Å²) in [7, 11) is -4.77. The van der Waals surface area contributed by atoms with Crippen LogP contribution < -0.4 is 0 Å². The van der Waals surface area contributed by atoms with Gasteiger partial charge in [0.25, 0.3) is 0 Å². The zero-order valence-electron chi connectivity index (χ0n) is 38.3. The molecule has 0 aromatic rings.